The molecule has 0 saturated heterocycles. The maximum absolute atomic E-state index is 6.16. The van der Waals surface area contributed by atoms with Crippen LogP contribution in [-0.2, 0) is 0 Å². The Bertz CT molecular complexity index is 773. The lowest BCUT2D eigenvalue weighted by Gasteiger charge is -2.20. The molecule has 0 aliphatic carbocycles. The van der Waals surface area contributed by atoms with Crippen LogP contribution in [0.4, 0.5) is 0 Å². The Morgan fingerprint density at radius 3 is 1.70 bits per heavy atom. The highest BCUT2D eigenvalue weighted by Crippen LogP contribution is 2.24. The Morgan fingerprint density at radius 2 is 1.23 bits per heavy atom. The number of guanidine groups is 1. The predicted octanol–water partition coefficient (Wildman–Crippen LogP) is 3.86. The van der Waals surface area contributed by atoms with Crippen molar-refractivity contribution in [3.05, 3.63) is 69.7 Å². The van der Waals surface area contributed by atoms with Gasteiger partial charge in [-0.15, -0.1) is 0 Å². The van der Waals surface area contributed by atoms with E-state index in [0.29, 0.717) is 34.9 Å². The lowest BCUT2D eigenvalue weighted by Crippen LogP contribution is -2.35. The number of hydrogen-bond donors (Lipinski definition) is 4. The lowest BCUT2D eigenvalue weighted by molar-refractivity contribution is 0.650. The third kappa shape index (κ3) is 8.61. The summed E-state index contributed by atoms with van der Waals surface area (Å²) in [7, 11) is 0. The summed E-state index contributed by atoms with van der Waals surface area (Å²) in [6.45, 7) is 1.70. The van der Waals surface area contributed by atoms with Gasteiger partial charge in [0, 0.05) is 23.1 Å². The van der Waals surface area contributed by atoms with Crippen molar-refractivity contribution in [2.75, 3.05) is 19.6 Å². The fourth-order valence-corrected chi connectivity index (χ4v) is 3.18. The molecular formula is C22H30Cl2N6. The molecule has 2 aromatic carbocycles. The molecule has 0 amide bonds. The van der Waals surface area contributed by atoms with E-state index in [2.05, 4.69) is 15.3 Å². The zero-order chi connectivity index (χ0) is 21.8. The van der Waals surface area contributed by atoms with E-state index in [1.54, 1.807) is 0 Å². The van der Waals surface area contributed by atoms with Crippen LogP contribution in [-0.4, -0.2) is 31.4 Å². The summed E-state index contributed by atoms with van der Waals surface area (Å²) in [5.41, 5.74) is 19.2. The topological polar surface area (TPSA) is 115 Å². The van der Waals surface area contributed by atoms with E-state index in [0.717, 1.165) is 43.4 Å². The first-order chi connectivity index (χ1) is 14.5. The zero-order valence-electron chi connectivity index (χ0n) is 17.0. The lowest BCUT2D eigenvalue weighted by atomic mass is 9.99. The van der Waals surface area contributed by atoms with E-state index < -0.39 is 0 Å². The quantitative estimate of drug-likeness (QED) is 0.237. The molecule has 2 aromatic rings. The molecule has 30 heavy (non-hydrogen) atoms. The summed E-state index contributed by atoms with van der Waals surface area (Å²) in [6.07, 6.45) is 4.09. The number of nitrogens with one attached hydrogen (secondary N) is 1. The molecule has 162 valence electrons. The average molecular weight is 449 g/mol. The van der Waals surface area contributed by atoms with E-state index in [9.17, 15) is 0 Å². The van der Waals surface area contributed by atoms with Gasteiger partial charge in [-0.3, -0.25) is 9.98 Å². The highest BCUT2D eigenvalue weighted by molar-refractivity contribution is 6.30. The van der Waals surface area contributed by atoms with Crippen LogP contribution < -0.4 is 22.5 Å². The van der Waals surface area contributed by atoms with E-state index in [-0.39, 0.29) is 6.04 Å². The summed E-state index contributed by atoms with van der Waals surface area (Å²) in [5.74, 6) is 0.916. The molecule has 0 aliphatic rings. The molecule has 0 radical (unpaired) electrons. The van der Waals surface area contributed by atoms with Crippen molar-refractivity contribution in [3.63, 3.8) is 0 Å². The second kappa shape index (κ2) is 13.1. The van der Waals surface area contributed by atoms with Gasteiger partial charge in [-0.05, 0) is 48.2 Å². The number of nitrogens with two attached hydrogens (primary N) is 3. The first-order valence-electron chi connectivity index (χ1n) is 10.1. The number of benzene rings is 2. The Kier molecular flexibility index (Phi) is 10.5. The van der Waals surface area contributed by atoms with E-state index in [4.69, 9.17) is 40.4 Å². The van der Waals surface area contributed by atoms with Gasteiger partial charge in [-0.2, -0.15) is 0 Å². The number of unbranched alkanes of at least 4 members (excludes halogenated alkanes) is 3. The number of nitrogens with zero attached hydrogens (tertiary/aromatic N) is 2. The Morgan fingerprint density at radius 1 is 0.767 bits per heavy atom. The van der Waals surface area contributed by atoms with Gasteiger partial charge in [-0.25, -0.2) is 0 Å². The molecule has 7 N–H and O–H groups in total. The van der Waals surface area contributed by atoms with Crippen molar-refractivity contribution < 1.29 is 0 Å². The summed E-state index contributed by atoms with van der Waals surface area (Å²) in [4.78, 5) is 8.66. The highest BCUT2D eigenvalue weighted by atomic mass is 35.5. The standard InChI is InChI=1S/C22H30Cl2N6/c23-18-9-5-16(6-10-18)21(17-7-11-19(24)12-8-17)30-22(27)29-14-4-2-1-3-13-28-20(26)15-25/h5-12,21H,1-4,13-15,25H2,(H2,26,28)(H3,27,29,30). The minimum absolute atomic E-state index is 0.144. The van der Waals surface area contributed by atoms with Crippen LogP contribution >= 0.6 is 23.2 Å². The van der Waals surface area contributed by atoms with E-state index in [1.165, 1.54) is 0 Å². The van der Waals surface area contributed by atoms with Crippen LogP contribution in [0.2, 0.25) is 10.0 Å². The Balaban J connectivity index is 1.88. The highest BCUT2D eigenvalue weighted by Gasteiger charge is 2.15. The smallest absolute Gasteiger partial charge is 0.189 e. The maximum Gasteiger partial charge on any atom is 0.189 e. The molecule has 0 aromatic heterocycles. The maximum atomic E-state index is 6.16. The molecule has 6 nitrogen and oxygen atoms in total. The first kappa shape index (κ1) is 24.0. The number of halogens is 2. The molecule has 0 fully saturated rings. The molecule has 0 unspecified atom stereocenters. The van der Waals surface area contributed by atoms with Gasteiger partial charge in [0.1, 0.15) is 5.84 Å². The molecule has 0 heterocycles. The second-order valence-corrected chi connectivity index (χ2v) is 7.81. The molecule has 8 heteroatoms. The van der Waals surface area contributed by atoms with Crippen molar-refractivity contribution in [3.8, 4) is 0 Å². The summed E-state index contributed by atoms with van der Waals surface area (Å²) >= 11 is 12.1. The van der Waals surface area contributed by atoms with Gasteiger partial charge in [0.05, 0.1) is 12.6 Å². The Labute approximate surface area is 188 Å². The second-order valence-electron chi connectivity index (χ2n) is 6.94. The van der Waals surface area contributed by atoms with Crippen LogP contribution in [0.3, 0.4) is 0 Å². The summed E-state index contributed by atoms with van der Waals surface area (Å²) < 4.78 is 0. The number of hydrogen-bond acceptors (Lipinski definition) is 3. The third-order valence-corrected chi connectivity index (χ3v) is 5.08. The fourth-order valence-electron chi connectivity index (χ4n) is 2.93. The molecule has 0 aliphatic heterocycles. The largest absolute Gasteiger partial charge is 0.386 e. The normalized spacial score (nSPS) is 12.4. The molecule has 0 bridgehead atoms. The SMILES string of the molecule is NCC(N)=NCCCCCCN=C(N)NC(c1ccc(Cl)cc1)c1ccc(Cl)cc1. The van der Waals surface area contributed by atoms with Crippen molar-refractivity contribution in [2.24, 2.45) is 27.2 Å². The van der Waals surface area contributed by atoms with Crippen LogP contribution in [0.1, 0.15) is 42.9 Å². The minimum Gasteiger partial charge on any atom is -0.386 e. The average Bonchev–Trinajstić information content (AvgIpc) is 2.75. The van der Waals surface area contributed by atoms with E-state index >= 15 is 0 Å². The van der Waals surface area contributed by atoms with Gasteiger partial charge in [0.2, 0.25) is 0 Å². The third-order valence-electron chi connectivity index (χ3n) is 4.57. The molecule has 0 atom stereocenters. The van der Waals surface area contributed by atoms with Crippen LogP contribution in [0.15, 0.2) is 58.5 Å². The van der Waals surface area contributed by atoms with Gasteiger partial charge < -0.3 is 22.5 Å². The van der Waals surface area contributed by atoms with Crippen LogP contribution in [0.25, 0.3) is 0 Å². The summed E-state index contributed by atoms with van der Waals surface area (Å²) in [5, 5.41) is 4.69. The number of rotatable bonds is 11. The van der Waals surface area contributed by atoms with Crippen molar-refractivity contribution in [1.82, 2.24) is 5.32 Å². The van der Waals surface area contributed by atoms with E-state index in [1.807, 2.05) is 48.5 Å². The van der Waals surface area contributed by atoms with Crippen LogP contribution in [0, 0.1) is 0 Å². The van der Waals surface area contributed by atoms with Gasteiger partial charge in [0.25, 0.3) is 0 Å². The van der Waals surface area contributed by atoms with Crippen molar-refractivity contribution in [2.45, 2.75) is 31.7 Å². The zero-order valence-corrected chi connectivity index (χ0v) is 18.5. The van der Waals surface area contributed by atoms with Crippen molar-refractivity contribution in [1.29, 1.82) is 0 Å². The molecule has 2 rings (SSSR count). The molecule has 0 spiro atoms. The predicted molar refractivity (Wildman–Crippen MR) is 128 cm³/mol. The number of aliphatic imine (C=N–C) groups is 2. The minimum atomic E-state index is -0.144. The van der Waals surface area contributed by atoms with Gasteiger partial charge in [0.15, 0.2) is 5.96 Å². The first-order valence-corrected chi connectivity index (χ1v) is 10.8. The molecule has 0 saturated carbocycles. The van der Waals surface area contributed by atoms with Gasteiger partial charge >= 0.3 is 0 Å². The van der Waals surface area contributed by atoms with Crippen molar-refractivity contribution >= 4 is 35.0 Å². The molecular weight excluding hydrogens is 419 g/mol. The monoisotopic (exact) mass is 448 g/mol. The Hall–Kier alpha value is -2.28. The van der Waals surface area contributed by atoms with Gasteiger partial charge in [-0.1, -0.05) is 60.3 Å². The number of amidine groups is 1. The summed E-state index contributed by atoms with van der Waals surface area (Å²) in [6, 6.07) is 15.2. The fraction of sp³-hybridized carbons (Fsp3) is 0.364. The van der Waals surface area contributed by atoms with Crippen LogP contribution in [0.5, 0.6) is 0 Å².